The normalized spacial score (nSPS) is 10.3. The van der Waals surface area contributed by atoms with E-state index in [2.05, 4.69) is 34.3 Å². The second-order valence-electron chi connectivity index (χ2n) is 4.68. The van der Waals surface area contributed by atoms with Gasteiger partial charge in [0.2, 0.25) is 5.88 Å². The maximum Gasteiger partial charge on any atom is 0.227 e. The largest absolute Gasteiger partial charge is 0.439 e. The van der Waals surface area contributed by atoms with Crippen molar-refractivity contribution in [3.63, 3.8) is 0 Å². The van der Waals surface area contributed by atoms with Gasteiger partial charge in [0.1, 0.15) is 17.9 Å². The highest BCUT2D eigenvalue weighted by Gasteiger charge is 2.08. The molecule has 1 aromatic heterocycles. The van der Waals surface area contributed by atoms with E-state index < -0.39 is 0 Å². The standard InChI is InChI=1S/C16H21N3O/c1-4-6-13-7-9-14(10-8-13)20-16-12(3)15(17-5-2)18-11-19-16/h7-11H,4-6H2,1-3H3,(H,17,18,19). The number of rotatable bonds is 6. The van der Waals surface area contributed by atoms with Crippen LogP contribution >= 0.6 is 0 Å². The Morgan fingerprint density at radius 3 is 2.50 bits per heavy atom. The summed E-state index contributed by atoms with van der Waals surface area (Å²) in [5.74, 6) is 2.22. The predicted octanol–water partition coefficient (Wildman–Crippen LogP) is 3.96. The van der Waals surface area contributed by atoms with Crippen molar-refractivity contribution >= 4 is 5.82 Å². The Bertz CT molecular complexity index is 552. The molecule has 0 aliphatic rings. The van der Waals surface area contributed by atoms with Crippen molar-refractivity contribution in [2.24, 2.45) is 0 Å². The lowest BCUT2D eigenvalue weighted by atomic mass is 10.1. The monoisotopic (exact) mass is 271 g/mol. The van der Waals surface area contributed by atoms with Crippen LogP contribution in [0.1, 0.15) is 31.4 Å². The molecule has 2 aromatic rings. The van der Waals surface area contributed by atoms with Crippen molar-refractivity contribution in [2.45, 2.75) is 33.6 Å². The number of hydrogen-bond donors (Lipinski definition) is 1. The molecule has 1 heterocycles. The first kappa shape index (κ1) is 14.3. The highest BCUT2D eigenvalue weighted by atomic mass is 16.5. The number of anilines is 1. The highest BCUT2D eigenvalue weighted by molar-refractivity contribution is 5.48. The maximum atomic E-state index is 5.84. The molecular weight excluding hydrogens is 250 g/mol. The third-order valence-corrected chi connectivity index (χ3v) is 3.06. The second-order valence-corrected chi connectivity index (χ2v) is 4.68. The molecule has 1 aromatic carbocycles. The topological polar surface area (TPSA) is 47.0 Å². The minimum Gasteiger partial charge on any atom is -0.439 e. The van der Waals surface area contributed by atoms with Gasteiger partial charge in [-0.1, -0.05) is 25.5 Å². The molecule has 0 saturated heterocycles. The second kappa shape index (κ2) is 6.89. The first-order chi connectivity index (χ1) is 9.74. The van der Waals surface area contributed by atoms with E-state index in [1.165, 1.54) is 11.9 Å². The number of ether oxygens (including phenoxy) is 1. The lowest BCUT2D eigenvalue weighted by molar-refractivity contribution is 0.457. The number of aryl methyl sites for hydroxylation is 1. The molecule has 0 aliphatic carbocycles. The van der Waals surface area contributed by atoms with Crippen LogP contribution < -0.4 is 10.1 Å². The lowest BCUT2D eigenvalue weighted by Crippen LogP contribution is -2.03. The molecule has 4 heteroatoms. The molecule has 0 aliphatic heterocycles. The summed E-state index contributed by atoms with van der Waals surface area (Å²) in [5.41, 5.74) is 2.25. The number of nitrogens with zero attached hydrogens (tertiary/aromatic N) is 2. The first-order valence-electron chi connectivity index (χ1n) is 7.06. The van der Waals surface area contributed by atoms with Gasteiger partial charge in [0, 0.05) is 6.54 Å². The van der Waals surface area contributed by atoms with Gasteiger partial charge in [-0.25, -0.2) is 9.97 Å². The Morgan fingerprint density at radius 2 is 1.85 bits per heavy atom. The van der Waals surface area contributed by atoms with Crippen LogP contribution in [0.15, 0.2) is 30.6 Å². The fourth-order valence-corrected chi connectivity index (χ4v) is 2.01. The summed E-state index contributed by atoms with van der Waals surface area (Å²) in [7, 11) is 0. The number of benzene rings is 1. The number of nitrogens with one attached hydrogen (secondary N) is 1. The van der Waals surface area contributed by atoms with E-state index in [1.807, 2.05) is 26.0 Å². The molecule has 0 amide bonds. The Morgan fingerprint density at radius 1 is 1.10 bits per heavy atom. The van der Waals surface area contributed by atoms with Crippen LogP contribution in [0.25, 0.3) is 0 Å². The van der Waals surface area contributed by atoms with Crippen LogP contribution in [0.3, 0.4) is 0 Å². The molecule has 1 N–H and O–H groups in total. The Balaban J connectivity index is 2.15. The first-order valence-corrected chi connectivity index (χ1v) is 7.06. The third-order valence-electron chi connectivity index (χ3n) is 3.06. The van der Waals surface area contributed by atoms with Gasteiger partial charge in [-0.2, -0.15) is 0 Å². The molecule has 0 radical (unpaired) electrons. The molecule has 0 bridgehead atoms. The molecule has 0 fully saturated rings. The van der Waals surface area contributed by atoms with Crippen LogP contribution in [0.5, 0.6) is 11.6 Å². The molecule has 2 rings (SSSR count). The van der Waals surface area contributed by atoms with Crippen LogP contribution in [0.4, 0.5) is 5.82 Å². The summed E-state index contributed by atoms with van der Waals surface area (Å²) in [4.78, 5) is 8.41. The van der Waals surface area contributed by atoms with Crippen molar-refractivity contribution in [1.29, 1.82) is 0 Å². The van der Waals surface area contributed by atoms with Gasteiger partial charge in [-0.3, -0.25) is 0 Å². The summed E-state index contributed by atoms with van der Waals surface area (Å²) in [5, 5.41) is 3.20. The Hall–Kier alpha value is -2.10. The molecule has 0 atom stereocenters. The minimum atomic E-state index is 0.596. The molecule has 0 saturated carbocycles. The molecule has 20 heavy (non-hydrogen) atoms. The molecule has 106 valence electrons. The fourth-order valence-electron chi connectivity index (χ4n) is 2.01. The fraction of sp³-hybridized carbons (Fsp3) is 0.375. The van der Waals surface area contributed by atoms with Crippen molar-refractivity contribution < 1.29 is 4.74 Å². The zero-order valence-electron chi connectivity index (χ0n) is 12.3. The average molecular weight is 271 g/mol. The van der Waals surface area contributed by atoms with E-state index in [-0.39, 0.29) is 0 Å². The van der Waals surface area contributed by atoms with Crippen molar-refractivity contribution in [2.75, 3.05) is 11.9 Å². The van der Waals surface area contributed by atoms with Gasteiger partial charge >= 0.3 is 0 Å². The smallest absolute Gasteiger partial charge is 0.227 e. The van der Waals surface area contributed by atoms with Crippen molar-refractivity contribution in [3.8, 4) is 11.6 Å². The van der Waals surface area contributed by atoms with E-state index >= 15 is 0 Å². The van der Waals surface area contributed by atoms with Gasteiger partial charge in [0.25, 0.3) is 0 Å². The summed E-state index contributed by atoms with van der Waals surface area (Å²) >= 11 is 0. The molecule has 0 unspecified atom stereocenters. The Kier molecular flexibility index (Phi) is 4.93. The molecular formula is C16H21N3O. The summed E-state index contributed by atoms with van der Waals surface area (Å²) in [6.07, 6.45) is 3.76. The van der Waals surface area contributed by atoms with Gasteiger partial charge in [0.05, 0.1) is 5.56 Å². The quantitative estimate of drug-likeness (QED) is 0.863. The molecule has 0 spiro atoms. The minimum absolute atomic E-state index is 0.596. The van der Waals surface area contributed by atoms with E-state index in [4.69, 9.17) is 4.74 Å². The predicted molar refractivity (Wildman–Crippen MR) is 81.4 cm³/mol. The van der Waals surface area contributed by atoms with E-state index in [1.54, 1.807) is 0 Å². The summed E-state index contributed by atoms with van der Waals surface area (Å²) in [6.45, 7) is 6.99. The van der Waals surface area contributed by atoms with Crippen LogP contribution in [-0.4, -0.2) is 16.5 Å². The zero-order chi connectivity index (χ0) is 14.4. The van der Waals surface area contributed by atoms with E-state index in [0.29, 0.717) is 5.88 Å². The highest BCUT2D eigenvalue weighted by Crippen LogP contribution is 2.26. The Labute approximate surface area is 120 Å². The zero-order valence-corrected chi connectivity index (χ0v) is 12.3. The average Bonchev–Trinajstić information content (AvgIpc) is 2.46. The van der Waals surface area contributed by atoms with Crippen LogP contribution in [0, 0.1) is 6.92 Å². The third kappa shape index (κ3) is 3.47. The maximum absolute atomic E-state index is 5.84. The van der Waals surface area contributed by atoms with Gasteiger partial charge in [0.15, 0.2) is 0 Å². The summed E-state index contributed by atoms with van der Waals surface area (Å²) in [6, 6.07) is 8.17. The van der Waals surface area contributed by atoms with Gasteiger partial charge in [-0.05, 0) is 38.0 Å². The van der Waals surface area contributed by atoms with Gasteiger partial charge < -0.3 is 10.1 Å². The number of hydrogen-bond acceptors (Lipinski definition) is 4. The van der Waals surface area contributed by atoms with E-state index in [9.17, 15) is 0 Å². The SMILES string of the molecule is CCCc1ccc(Oc2ncnc(NCC)c2C)cc1. The van der Waals surface area contributed by atoms with Crippen molar-refractivity contribution in [3.05, 3.63) is 41.7 Å². The van der Waals surface area contributed by atoms with Crippen LogP contribution in [-0.2, 0) is 6.42 Å². The van der Waals surface area contributed by atoms with Crippen LogP contribution in [0.2, 0.25) is 0 Å². The van der Waals surface area contributed by atoms with Crippen molar-refractivity contribution in [1.82, 2.24) is 9.97 Å². The number of aromatic nitrogens is 2. The molecule has 4 nitrogen and oxygen atoms in total. The summed E-state index contributed by atoms with van der Waals surface area (Å²) < 4.78 is 5.84. The van der Waals surface area contributed by atoms with Gasteiger partial charge in [-0.15, -0.1) is 0 Å². The lowest BCUT2D eigenvalue weighted by Gasteiger charge is -2.11. The van der Waals surface area contributed by atoms with E-state index in [0.717, 1.165) is 36.5 Å².